The number of nitrogens with zero attached hydrogens (tertiary/aromatic N) is 3. The summed E-state index contributed by atoms with van der Waals surface area (Å²) in [6, 6.07) is 12.8. The normalized spacial score (nSPS) is 18.2. The summed E-state index contributed by atoms with van der Waals surface area (Å²) in [4.78, 5) is 41.8. The monoisotopic (exact) mass is 448 g/mol. The van der Waals surface area contributed by atoms with E-state index in [-0.39, 0.29) is 23.3 Å². The molecule has 4 rings (SSSR count). The van der Waals surface area contributed by atoms with Crippen LogP contribution >= 0.6 is 0 Å². The first-order valence-corrected chi connectivity index (χ1v) is 11.6. The highest BCUT2D eigenvalue weighted by atomic mass is 16.6. The number of nitro groups is 1. The highest BCUT2D eigenvalue weighted by Gasteiger charge is 2.27. The molecule has 1 aliphatic carbocycles. The lowest BCUT2D eigenvalue weighted by atomic mass is 9.79. The van der Waals surface area contributed by atoms with Gasteiger partial charge in [-0.15, -0.1) is 0 Å². The number of carbonyl (C=O) groups excluding carboxylic acids is 1. The molecule has 1 aromatic heterocycles. The number of unbranched alkanes of at least 4 members (excludes halogenated alkanes) is 1. The van der Waals surface area contributed by atoms with Crippen molar-refractivity contribution in [3.8, 4) is 11.4 Å². The third kappa shape index (κ3) is 4.94. The van der Waals surface area contributed by atoms with Gasteiger partial charge in [0.15, 0.2) is 5.82 Å². The van der Waals surface area contributed by atoms with Crippen LogP contribution in [-0.4, -0.2) is 20.5 Å². The summed E-state index contributed by atoms with van der Waals surface area (Å²) in [5, 5.41) is 11.6. The average molecular weight is 449 g/mol. The van der Waals surface area contributed by atoms with Crippen LogP contribution in [-0.2, 0) is 4.79 Å². The first-order chi connectivity index (χ1) is 16.0. The Labute approximate surface area is 191 Å². The molecule has 1 saturated carbocycles. The van der Waals surface area contributed by atoms with Gasteiger partial charge in [0.2, 0.25) is 5.91 Å². The summed E-state index contributed by atoms with van der Waals surface area (Å²) in [6.07, 6.45) is 7.21. The first-order valence-electron chi connectivity index (χ1n) is 11.6. The number of carbonyl (C=O) groups is 1. The summed E-state index contributed by atoms with van der Waals surface area (Å²) >= 11 is 0. The largest absolute Gasteiger partial charge is 0.280 e. The lowest BCUT2D eigenvalue weighted by Gasteiger charge is -2.28. The van der Waals surface area contributed by atoms with Gasteiger partial charge in [-0.25, -0.2) is 4.98 Å². The maximum atomic E-state index is 13.3. The van der Waals surface area contributed by atoms with Gasteiger partial charge in [0.1, 0.15) is 0 Å². The van der Waals surface area contributed by atoms with E-state index in [9.17, 15) is 19.7 Å². The van der Waals surface area contributed by atoms with Crippen LogP contribution in [0.1, 0.15) is 51.9 Å². The van der Waals surface area contributed by atoms with Gasteiger partial charge in [0.25, 0.3) is 11.2 Å². The van der Waals surface area contributed by atoms with Crippen molar-refractivity contribution in [2.24, 2.45) is 11.8 Å². The molecule has 1 fully saturated rings. The van der Waals surface area contributed by atoms with E-state index >= 15 is 0 Å². The maximum Gasteiger partial charge on any atom is 0.280 e. The van der Waals surface area contributed by atoms with E-state index in [4.69, 9.17) is 0 Å². The van der Waals surface area contributed by atoms with E-state index in [2.05, 4.69) is 17.3 Å². The summed E-state index contributed by atoms with van der Waals surface area (Å²) < 4.78 is 1.15. The highest BCUT2D eigenvalue weighted by molar-refractivity contribution is 5.88. The molecule has 3 aromatic rings. The average Bonchev–Trinajstić information content (AvgIpc) is 2.84. The molecular formula is C25H28N4O4. The lowest BCUT2D eigenvalue weighted by molar-refractivity contribution is -0.384. The van der Waals surface area contributed by atoms with Crippen molar-refractivity contribution < 1.29 is 9.72 Å². The number of non-ortho nitro benzene ring substituents is 1. The van der Waals surface area contributed by atoms with E-state index in [1.807, 2.05) is 0 Å². The number of aromatic nitrogens is 2. The van der Waals surface area contributed by atoms with Gasteiger partial charge >= 0.3 is 0 Å². The second-order valence-electron chi connectivity index (χ2n) is 8.74. The number of para-hydroxylation sites is 1. The van der Waals surface area contributed by atoms with Crippen molar-refractivity contribution in [2.75, 3.05) is 5.43 Å². The minimum atomic E-state index is -0.497. The maximum absolute atomic E-state index is 13.3. The predicted octanol–water partition coefficient (Wildman–Crippen LogP) is 5.04. The van der Waals surface area contributed by atoms with Gasteiger partial charge < -0.3 is 0 Å². The number of amides is 1. The predicted molar refractivity (Wildman–Crippen MR) is 127 cm³/mol. The number of fused-ring (bicyclic) bond motifs is 1. The molecule has 0 radical (unpaired) electrons. The van der Waals surface area contributed by atoms with Gasteiger partial charge in [0.05, 0.1) is 15.8 Å². The third-order valence-corrected chi connectivity index (χ3v) is 6.50. The molecule has 0 bridgehead atoms. The van der Waals surface area contributed by atoms with E-state index in [0.29, 0.717) is 22.4 Å². The number of rotatable bonds is 7. The molecule has 1 N–H and O–H groups in total. The van der Waals surface area contributed by atoms with Gasteiger partial charge in [-0.2, -0.15) is 4.68 Å². The second-order valence-corrected chi connectivity index (χ2v) is 8.74. The fraction of sp³-hybridized carbons (Fsp3) is 0.400. The molecule has 33 heavy (non-hydrogen) atoms. The fourth-order valence-electron chi connectivity index (χ4n) is 4.60. The molecule has 0 atom stereocenters. The van der Waals surface area contributed by atoms with E-state index in [1.54, 1.807) is 36.4 Å². The molecule has 1 aliphatic rings. The molecule has 8 nitrogen and oxygen atoms in total. The van der Waals surface area contributed by atoms with Crippen molar-refractivity contribution in [1.29, 1.82) is 0 Å². The Morgan fingerprint density at radius 3 is 2.64 bits per heavy atom. The zero-order valence-electron chi connectivity index (χ0n) is 18.7. The number of nitro benzene ring substituents is 1. The summed E-state index contributed by atoms with van der Waals surface area (Å²) in [5.41, 5.74) is 3.10. The molecule has 1 heterocycles. The molecule has 0 aliphatic heterocycles. The van der Waals surface area contributed by atoms with Crippen LogP contribution in [0.3, 0.4) is 0 Å². The van der Waals surface area contributed by atoms with Crippen molar-refractivity contribution >= 4 is 22.5 Å². The van der Waals surface area contributed by atoms with Crippen LogP contribution in [0.25, 0.3) is 22.3 Å². The summed E-state index contributed by atoms with van der Waals surface area (Å²) in [5.74, 6) is 0.459. The van der Waals surface area contributed by atoms with Crippen LogP contribution in [0.4, 0.5) is 5.69 Å². The van der Waals surface area contributed by atoms with E-state index in [1.165, 1.54) is 31.4 Å². The van der Waals surface area contributed by atoms with Gasteiger partial charge in [-0.1, -0.05) is 50.5 Å². The SMILES string of the molecule is CCCCC1CCC(C(=O)Nn2c(-c3cccc([N+](=O)[O-])c3)nc3ccccc3c2=O)CC1. The Kier molecular flexibility index (Phi) is 6.82. The number of benzene rings is 2. The smallest absolute Gasteiger partial charge is 0.273 e. The standard InChI is InChI=1S/C25H28N4O4/c1-2-3-7-17-12-14-18(15-13-17)24(30)27-28-23(19-8-6-9-20(16-19)29(32)33)26-22-11-5-4-10-21(22)25(28)31/h4-6,8-11,16-18H,2-3,7,12-15H2,1H3,(H,27,30). The van der Waals surface area contributed by atoms with Crippen molar-refractivity contribution in [3.05, 3.63) is 69.0 Å². The van der Waals surface area contributed by atoms with E-state index in [0.717, 1.165) is 30.4 Å². The Balaban J connectivity index is 1.67. The Morgan fingerprint density at radius 2 is 1.91 bits per heavy atom. The molecular weight excluding hydrogens is 420 g/mol. The topological polar surface area (TPSA) is 107 Å². The lowest BCUT2D eigenvalue weighted by Crippen LogP contribution is -2.39. The number of hydrogen-bond donors (Lipinski definition) is 1. The molecule has 2 aromatic carbocycles. The van der Waals surface area contributed by atoms with Crippen LogP contribution in [0, 0.1) is 22.0 Å². The second kappa shape index (κ2) is 9.94. The van der Waals surface area contributed by atoms with Crippen LogP contribution in [0.5, 0.6) is 0 Å². The van der Waals surface area contributed by atoms with Crippen LogP contribution in [0.2, 0.25) is 0 Å². The molecule has 0 unspecified atom stereocenters. The zero-order valence-corrected chi connectivity index (χ0v) is 18.7. The van der Waals surface area contributed by atoms with Crippen molar-refractivity contribution in [1.82, 2.24) is 9.66 Å². The third-order valence-electron chi connectivity index (χ3n) is 6.50. The number of hydrogen-bond acceptors (Lipinski definition) is 5. The van der Waals surface area contributed by atoms with Crippen LogP contribution in [0.15, 0.2) is 53.3 Å². The zero-order chi connectivity index (χ0) is 23.4. The molecule has 0 spiro atoms. The minimum absolute atomic E-state index is 0.113. The Hall–Kier alpha value is -3.55. The first kappa shape index (κ1) is 22.6. The number of nitrogens with one attached hydrogen (secondary N) is 1. The van der Waals surface area contributed by atoms with Gasteiger partial charge in [-0.3, -0.25) is 25.1 Å². The van der Waals surface area contributed by atoms with Crippen molar-refractivity contribution in [2.45, 2.75) is 51.9 Å². The van der Waals surface area contributed by atoms with Crippen LogP contribution < -0.4 is 11.0 Å². The molecule has 172 valence electrons. The molecule has 0 saturated heterocycles. The van der Waals surface area contributed by atoms with Gasteiger partial charge in [0, 0.05) is 23.6 Å². The Morgan fingerprint density at radius 1 is 1.15 bits per heavy atom. The molecule has 8 heteroatoms. The summed E-state index contributed by atoms with van der Waals surface area (Å²) in [7, 11) is 0. The van der Waals surface area contributed by atoms with Crippen molar-refractivity contribution in [3.63, 3.8) is 0 Å². The Bertz CT molecular complexity index is 1230. The fourth-order valence-corrected chi connectivity index (χ4v) is 4.60. The summed E-state index contributed by atoms with van der Waals surface area (Å²) in [6.45, 7) is 2.19. The highest BCUT2D eigenvalue weighted by Crippen LogP contribution is 2.32. The van der Waals surface area contributed by atoms with E-state index < -0.39 is 10.5 Å². The molecule has 1 amide bonds. The minimum Gasteiger partial charge on any atom is -0.273 e. The quantitative estimate of drug-likeness (QED) is 0.402. The van der Waals surface area contributed by atoms with Gasteiger partial charge in [-0.05, 0) is 43.7 Å².